The second kappa shape index (κ2) is 6.77. The van der Waals surface area contributed by atoms with Crippen molar-refractivity contribution in [1.82, 2.24) is 0 Å². The van der Waals surface area contributed by atoms with Gasteiger partial charge >= 0.3 is 0 Å². The summed E-state index contributed by atoms with van der Waals surface area (Å²) in [6, 6.07) is 20.3. The average molecular weight is 265 g/mol. The molecule has 2 rings (SSSR count). The van der Waals surface area contributed by atoms with Crippen molar-refractivity contribution in [2.24, 2.45) is 0 Å². The zero-order valence-corrected chi connectivity index (χ0v) is 11.9. The highest BCUT2D eigenvalue weighted by Gasteiger charge is 2.11. The van der Waals surface area contributed by atoms with Crippen molar-refractivity contribution in [3.05, 3.63) is 65.7 Å². The Hall–Kier alpha value is -2.27. The van der Waals surface area contributed by atoms with Crippen molar-refractivity contribution in [2.45, 2.75) is 32.3 Å². The van der Waals surface area contributed by atoms with Crippen molar-refractivity contribution in [3.63, 3.8) is 0 Å². The summed E-state index contributed by atoms with van der Waals surface area (Å²) in [6.07, 6.45) is 0.902. The smallest absolute Gasteiger partial charge is 0.119 e. The minimum absolute atomic E-state index is 0.104. The number of hydrogen-bond donors (Lipinski definition) is 0. The van der Waals surface area contributed by atoms with Crippen LogP contribution in [0.15, 0.2) is 54.6 Å². The van der Waals surface area contributed by atoms with E-state index in [1.807, 2.05) is 68.4 Å². The third-order valence-corrected chi connectivity index (χ3v) is 3.09. The average Bonchev–Trinajstić information content (AvgIpc) is 2.47. The fourth-order valence-electron chi connectivity index (χ4n) is 2.14. The lowest BCUT2D eigenvalue weighted by Gasteiger charge is -2.12. The van der Waals surface area contributed by atoms with Crippen molar-refractivity contribution in [3.8, 4) is 11.8 Å². The van der Waals surface area contributed by atoms with Gasteiger partial charge in [-0.15, -0.1) is 0 Å². The number of hydrogen-bond acceptors (Lipinski definition) is 2. The Kier molecular flexibility index (Phi) is 4.79. The number of nitrogens with zero attached hydrogens (tertiary/aromatic N) is 1. The first-order valence-electron chi connectivity index (χ1n) is 6.89. The molecule has 0 saturated carbocycles. The van der Waals surface area contributed by atoms with E-state index in [2.05, 4.69) is 6.07 Å². The van der Waals surface area contributed by atoms with E-state index in [0.717, 1.165) is 23.3 Å². The van der Waals surface area contributed by atoms with Crippen LogP contribution in [0, 0.1) is 11.3 Å². The molecule has 102 valence electrons. The molecule has 2 heteroatoms. The van der Waals surface area contributed by atoms with Gasteiger partial charge in [-0.3, -0.25) is 0 Å². The van der Waals surface area contributed by atoms with Gasteiger partial charge in [-0.2, -0.15) is 5.26 Å². The van der Waals surface area contributed by atoms with Crippen LogP contribution >= 0.6 is 0 Å². The van der Waals surface area contributed by atoms with E-state index >= 15 is 0 Å². The Morgan fingerprint density at radius 2 is 1.65 bits per heavy atom. The fraction of sp³-hybridized carbons (Fsp3) is 0.278. The van der Waals surface area contributed by atoms with Crippen molar-refractivity contribution in [2.75, 3.05) is 0 Å². The van der Waals surface area contributed by atoms with Crippen molar-refractivity contribution in [1.29, 1.82) is 5.26 Å². The second-order valence-electron chi connectivity index (χ2n) is 5.11. The van der Waals surface area contributed by atoms with Crippen LogP contribution in [-0.2, 0) is 6.42 Å². The first-order valence-corrected chi connectivity index (χ1v) is 6.89. The van der Waals surface area contributed by atoms with E-state index in [1.165, 1.54) is 0 Å². The first kappa shape index (κ1) is 14.1. The number of ether oxygens (including phenoxy) is 1. The third kappa shape index (κ3) is 3.86. The summed E-state index contributed by atoms with van der Waals surface area (Å²) in [4.78, 5) is 0. The Morgan fingerprint density at radius 3 is 2.20 bits per heavy atom. The molecule has 1 unspecified atom stereocenters. The summed E-state index contributed by atoms with van der Waals surface area (Å²) in [7, 11) is 0. The normalized spacial score (nSPS) is 11.9. The lowest BCUT2D eigenvalue weighted by atomic mass is 9.93. The molecule has 0 N–H and O–H groups in total. The quantitative estimate of drug-likeness (QED) is 0.806. The maximum absolute atomic E-state index is 9.34. The summed E-state index contributed by atoms with van der Waals surface area (Å²) >= 11 is 0. The third-order valence-electron chi connectivity index (χ3n) is 3.09. The van der Waals surface area contributed by atoms with E-state index < -0.39 is 0 Å². The van der Waals surface area contributed by atoms with E-state index in [0.29, 0.717) is 0 Å². The Labute approximate surface area is 120 Å². The minimum Gasteiger partial charge on any atom is -0.491 e. The zero-order chi connectivity index (χ0) is 14.4. The molecule has 0 saturated heterocycles. The van der Waals surface area contributed by atoms with Gasteiger partial charge in [-0.25, -0.2) is 0 Å². The summed E-state index contributed by atoms with van der Waals surface area (Å²) in [5, 5.41) is 9.34. The van der Waals surface area contributed by atoms with Gasteiger partial charge in [0.2, 0.25) is 0 Å². The predicted octanol–water partition coefficient (Wildman–Crippen LogP) is 4.32. The molecule has 2 aromatic carbocycles. The maximum atomic E-state index is 9.34. The van der Waals surface area contributed by atoms with E-state index in [4.69, 9.17) is 4.74 Å². The highest BCUT2D eigenvalue weighted by molar-refractivity contribution is 5.32. The number of rotatable bonds is 5. The van der Waals surface area contributed by atoms with Crippen LogP contribution < -0.4 is 4.74 Å². The Morgan fingerprint density at radius 1 is 1.00 bits per heavy atom. The summed E-state index contributed by atoms with van der Waals surface area (Å²) in [5.41, 5.74) is 2.22. The van der Waals surface area contributed by atoms with Gasteiger partial charge in [-0.1, -0.05) is 42.5 Å². The molecule has 0 fully saturated rings. The molecule has 0 spiro atoms. The highest BCUT2D eigenvalue weighted by atomic mass is 16.5. The van der Waals surface area contributed by atoms with Crippen LogP contribution in [0.4, 0.5) is 0 Å². The highest BCUT2D eigenvalue weighted by Crippen LogP contribution is 2.22. The molecule has 1 atom stereocenters. The second-order valence-corrected chi connectivity index (χ2v) is 5.11. The lowest BCUT2D eigenvalue weighted by Crippen LogP contribution is -2.05. The number of benzene rings is 2. The zero-order valence-electron chi connectivity index (χ0n) is 11.9. The SMILES string of the molecule is CC(C)Oc1ccc(CC(C#N)c2ccccc2)cc1. The van der Waals surface area contributed by atoms with Crippen molar-refractivity contribution < 1.29 is 4.74 Å². The van der Waals surface area contributed by atoms with Gasteiger partial charge < -0.3 is 4.74 Å². The molecule has 0 amide bonds. The molecular weight excluding hydrogens is 246 g/mol. The van der Waals surface area contributed by atoms with Gasteiger partial charge in [0.25, 0.3) is 0 Å². The van der Waals surface area contributed by atoms with Gasteiger partial charge in [0, 0.05) is 0 Å². The summed E-state index contributed by atoms with van der Waals surface area (Å²) < 4.78 is 5.62. The van der Waals surface area contributed by atoms with Gasteiger partial charge in [0.1, 0.15) is 5.75 Å². The fourth-order valence-corrected chi connectivity index (χ4v) is 2.14. The van der Waals surface area contributed by atoms with Crippen LogP contribution in [-0.4, -0.2) is 6.10 Å². The Bertz CT molecular complexity index is 567. The Balaban J connectivity index is 2.07. The van der Waals surface area contributed by atoms with E-state index in [1.54, 1.807) is 0 Å². The predicted molar refractivity (Wildman–Crippen MR) is 80.7 cm³/mol. The molecular formula is C18H19NO. The first-order chi connectivity index (χ1) is 9.69. The van der Waals surface area contributed by atoms with E-state index in [-0.39, 0.29) is 12.0 Å². The van der Waals surface area contributed by atoms with Crippen LogP contribution in [0.5, 0.6) is 5.75 Å². The molecule has 0 aliphatic carbocycles. The largest absolute Gasteiger partial charge is 0.491 e. The molecule has 0 aliphatic rings. The monoisotopic (exact) mass is 265 g/mol. The number of nitriles is 1. The molecule has 0 heterocycles. The molecule has 0 aromatic heterocycles. The van der Waals surface area contributed by atoms with Crippen LogP contribution in [0.3, 0.4) is 0 Å². The van der Waals surface area contributed by atoms with Gasteiger partial charge in [-0.05, 0) is 43.5 Å². The topological polar surface area (TPSA) is 33.0 Å². The molecule has 0 radical (unpaired) electrons. The maximum Gasteiger partial charge on any atom is 0.119 e. The van der Waals surface area contributed by atoms with Crippen LogP contribution in [0.2, 0.25) is 0 Å². The van der Waals surface area contributed by atoms with E-state index in [9.17, 15) is 5.26 Å². The van der Waals surface area contributed by atoms with Crippen LogP contribution in [0.1, 0.15) is 30.9 Å². The summed E-state index contributed by atoms with van der Waals surface area (Å²) in [5.74, 6) is 0.769. The molecule has 0 aliphatic heterocycles. The minimum atomic E-state index is -0.104. The lowest BCUT2D eigenvalue weighted by molar-refractivity contribution is 0.242. The van der Waals surface area contributed by atoms with Crippen molar-refractivity contribution >= 4 is 0 Å². The molecule has 2 nitrogen and oxygen atoms in total. The summed E-state index contributed by atoms with van der Waals surface area (Å²) in [6.45, 7) is 4.02. The van der Waals surface area contributed by atoms with Crippen LogP contribution in [0.25, 0.3) is 0 Å². The standard InChI is InChI=1S/C18H19NO/c1-14(2)20-18-10-8-15(9-11-18)12-17(13-19)16-6-4-3-5-7-16/h3-11,14,17H,12H2,1-2H3. The molecule has 0 bridgehead atoms. The van der Waals surface area contributed by atoms with Gasteiger partial charge in [0.15, 0.2) is 0 Å². The van der Waals surface area contributed by atoms with Gasteiger partial charge in [0.05, 0.1) is 18.1 Å². The molecule has 20 heavy (non-hydrogen) atoms. The molecule has 2 aromatic rings.